The van der Waals surface area contributed by atoms with E-state index in [4.69, 9.17) is 0 Å². The van der Waals surface area contributed by atoms with Crippen molar-refractivity contribution in [2.45, 2.75) is 37.9 Å². The SMILES string of the molecule is CCn1c(SCC(=O)c2ccc(Br)cc2)nc2c(=O)c3c(sc21)CCC3. The first-order valence-electron chi connectivity index (χ1n) is 8.55. The first kappa shape index (κ1) is 17.9. The van der Waals surface area contributed by atoms with Gasteiger partial charge in [0.05, 0.1) is 5.75 Å². The third kappa shape index (κ3) is 3.17. The smallest absolute Gasteiger partial charge is 0.211 e. The molecule has 4 rings (SSSR count). The fraction of sp³-hybridized carbons (Fsp3) is 0.316. The van der Waals surface area contributed by atoms with Gasteiger partial charge in [-0.15, -0.1) is 11.3 Å². The monoisotopic (exact) mass is 448 g/mol. The van der Waals surface area contributed by atoms with Crippen molar-refractivity contribution in [2.24, 2.45) is 0 Å². The van der Waals surface area contributed by atoms with Gasteiger partial charge in [-0.3, -0.25) is 9.59 Å². The lowest BCUT2D eigenvalue weighted by Gasteiger charge is -2.05. The van der Waals surface area contributed by atoms with Gasteiger partial charge in [-0.1, -0.05) is 39.8 Å². The van der Waals surface area contributed by atoms with Gasteiger partial charge in [-0.05, 0) is 38.3 Å². The molecule has 2 aromatic heterocycles. The zero-order chi connectivity index (χ0) is 18.3. The lowest BCUT2D eigenvalue weighted by Crippen LogP contribution is -2.07. The van der Waals surface area contributed by atoms with Crippen molar-refractivity contribution in [3.05, 3.63) is 55.0 Å². The summed E-state index contributed by atoms with van der Waals surface area (Å²) in [4.78, 5) is 31.9. The van der Waals surface area contributed by atoms with E-state index in [1.807, 2.05) is 31.2 Å². The second kappa shape index (κ2) is 7.29. The van der Waals surface area contributed by atoms with Crippen LogP contribution in [0.2, 0.25) is 0 Å². The molecule has 26 heavy (non-hydrogen) atoms. The maximum atomic E-state index is 12.7. The van der Waals surface area contributed by atoms with Crippen molar-refractivity contribution in [1.29, 1.82) is 0 Å². The van der Waals surface area contributed by atoms with Gasteiger partial charge in [0, 0.05) is 27.0 Å². The number of benzene rings is 1. The fourth-order valence-electron chi connectivity index (χ4n) is 3.24. The van der Waals surface area contributed by atoms with E-state index in [2.05, 4.69) is 25.5 Å². The van der Waals surface area contributed by atoms with E-state index in [9.17, 15) is 9.59 Å². The number of thioether (sulfide) groups is 1. The summed E-state index contributed by atoms with van der Waals surface area (Å²) in [5.41, 5.74) is 2.28. The maximum absolute atomic E-state index is 12.7. The molecule has 0 radical (unpaired) electrons. The lowest BCUT2D eigenvalue weighted by atomic mass is 10.2. The number of halogens is 1. The molecule has 0 fully saturated rings. The Morgan fingerprint density at radius 3 is 2.81 bits per heavy atom. The average molecular weight is 449 g/mol. The van der Waals surface area contributed by atoms with Crippen LogP contribution in [0.5, 0.6) is 0 Å². The summed E-state index contributed by atoms with van der Waals surface area (Å²) < 4.78 is 3.02. The number of carbonyl (C=O) groups is 1. The van der Waals surface area contributed by atoms with Crippen LogP contribution in [0.15, 0.2) is 38.7 Å². The molecule has 1 aliphatic carbocycles. The van der Waals surface area contributed by atoms with E-state index < -0.39 is 0 Å². The Bertz CT molecular complexity index is 1050. The van der Waals surface area contributed by atoms with Gasteiger partial charge in [-0.2, -0.15) is 0 Å². The van der Waals surface area contributed by atoms with Crippen molar-refractivity contribution in [1.82, 2.24) is 9.55 Å². The number of fused-ring (bicyclic) bond motifs is 2. The molecule has 4 nitrogen and oxygen atoms in total. The Morgan fingerprint density at radius 1 is 1.31 bits per heavy atom. The van der Waals surface area contributed by atoms with Crippen LogP contribution < -0.4 is 5.43 Å². The molecule has 0 unspecified atom stereocenters. The van der Waals surface area contributed by atoms with Gasteiger partial charge in [0.25, 0.3) is 0 Å². The Morgan fingerprint density at radius 2 is 2.08 bits per heavy atom. The molecule has 0 saturated heterocycles. The van der Waals surface area contributed by atoms with E-state index in [0.717, 1.165) is 45.8 Å². The Kier molecular flexibility index (Phi) is 5.03. The first-order chi connectivity index (χ1) is 12.6. The number of imidazole rings is 1. The van der Waals surface area contributed by atoms with Gasteiger partial charge in [-0.25, -0.2) is 4.98 Å². The minimum absolute atomic E-state index is 0.0609. The molecular weight excluding hydrogens is 432 g/mol. The second-order valence-corrected chi connectivity index (χ2v) is 9.14. The minimum atomic E-state index is 0.0609. The second-order valence-electron chi connectivity index (χ2n) is 6.20. The molecule has 0 N–H and O–H groups in total. The van der Waals surface area contributed by atoms with Crippen LogP contribution in [0.3, 0.4) is 0 Å². The van der Waals surface area contributed by atoms with Crippen LogP contribution in [-0.2, 0) is 19.4 Å². The molecule has 1 aliphatic rings. The predicted molar refractivity (Wildman–Crippen MR) is 111 cm³/mol. The standard InChI is InChI=1S/C19H17BrN2O2S2/c1-2-22-18-16(17(24)13-4-3-5-15(13)26-18)21-19(22)25-10-14(23)11-6-8-12(20)9-7-11/h6-9H,2-5,10H2,1H3. The maximum Gasteiger partial charge on any atom is 0.211 e. The van der Waals surface area contributed by atoms with Crippen molar-refractivity contribution in [3.8, 4) is 0 Å². The highest BCUT2D eigenvalue weighted by Gasteiger charge is 2.22. The fourth-order valence-corrected chi connectivity index (χ4v) is 5.88. The summed E-state index contributed by atoms with van der Waals surface area (Å²) >= 11 is 6.48. The molecule has 0 aliphatic heterocycles. The van der Waals surface area contributed by atoms with Gasteiger partial charge in [0.1, 0.15) is 10.3 Å². The van der Waals surface area contributed by atoms with E-state index in [0.29, 0.717) is 16.8 Å². The average Bonchev–Trinajstić information content (AvgIpc) is 3.25. The van der Waals surface area contributed by atoms with Crippen LogP contribution >= 0.6 is 39.0 Å². The predicted octanol–water partition coefficient (Wildman–Crippen LogP) is 4.70. The minimum Gasteiger partial charge on any atom is -0.311 e. The summed E-state index contributed by atoms with van der Waals surface area (Å²) in [5, 5.41) is 0.755. The Hall–Kier alpha value is -1.44. The molecule has 2 heterocycles. The summed E-state index contributed by atoms with van der Waals surface area (Å²) in [6.45, 7) is 2.78. The molecule has 134 valence electrons. The summed E-state index contributed by atoms with van der Waals surface area (Å²) in [6.07, 6.45) is 2.91. The topological polar surface area (TPSA) is 52.0 Å². The number of rotatable bonds is 5. The molecule has 3 aromatic rings. The normalized spacial score (nSPS) is 13.3. The van der Waals surface area contributed by atoms with Crippen molar-refractivity contribution in [3.63, 3.8) is 0 Å². The van der Waals surface area contributed by atoms with Crippen molar-refractivity contribution >= 4 is 55.2 Å². The van der Waals surface area contributed by atoms with Crippen LogP contribution in [0.4, 0.5) is 0 Å². The van der Waals surface area contributed by atoms with Gasteiger partial charge in [0.2, 0.25) is 5.43 Å². The van der Waals surface area contributed by atoms with Crippen LogP contribution in [-0.4, -0.2) is 21.1 Å². The highest BCUT2D eigenvalue weighted by molar-refractivity contribution is 9.10. The molecular formula is C19H17BrN2O2S2. The summed E-state index contributed by atoms with van der Waals surface area (Å²) in [5.74, 6) is 0.370. The van der Waals surface area contributed by atoms with Gasteiger partial charge in [0.15, 0.2) is 10.9 Å². The molecule has 0 atom stereocenters. The Balaban J connectivity index is 1.64. The van der Waals surface area contributed by atoms with E-state index in [1.54, 1.807) is 11.3 Å². The van der Waals surface area contributed by atoms with E-state index in [1.165, 1.54) is 16.6 Å². The van der Waals surface area contributed by atoms with Gasteiger partial charge < -0.3 is 4.57 Å². The molecule has 7 heteroatoms. The number of Topliss-reactive ketones (excluding diaryl/α,β-unsaturated/α-hetero) is 1. The van der Waals surface area contributed by atoms with Crippen LogP contribution in [0.1, 0.15) is 34.1 Å². The van der Waals surface area contributed by atoms with Crippen molar-refractivity contribution in [2.75, 3.05) is 5.75 Å². The van der Waals surface area contributed by atoms with Crippen LogP contribution in [0.25, 0.3) is 10.3 Å². The first-order valence-corrected chi connectivity index (χ1v) is 11.1. The van der Waals surface area contributed by atoms with Gasteiger partial charge >= 0.3 is 0 Å². The van der Waals surface area contributed by atoms with Crippen molar-refractivity contribution < 1.29 is 4.79 Å². The highest BCUT2D eigenvalue weighted by atomic mass is 79.9. The summed E-state index contributed by atoms with van der Waals surface area (Å²) in [7, 11) is 0. The zero-order valence-electron chi connectivity index (χ0n) is 14.3. The lowest BCUT2D eigenvalue weighted by molar-refractivity contribution is 0.102. The highest BCUT2D eigenvalue weighted by Crippen LogP contribution is 2.32. The third-order valence-corrected chi connectivity index (χ3v) is 7.39. The molecule has 0 bridgehead atoms. The zero-order valence-corrected chi connectivity index (χ0v) is 17.5. The number of hydrogen-bond donors (Lipinski definition) is 0. The molecule has 0 spiro atoms. The number of carbonyl (C=O) groups excluding carboxylic acids is 1. The Labute approximate surface area is 167 Å². The molecule has 0 amide bonds. The number of hydrogen-bond acceptors (Lipinski definition) is 5. The third-order valence-electron chi connectivity index (χ3n) is 4.58. The molecule has 0 saturated carbocycles. The van der Waals surface area contributed by atoms with E-state index in [-0.39, 0.29) is 11.2 Å². The number of aryl methyl sites for hydroxylation is 2. The quantitative estimate of drug-likeness (QED) is 0.419. The van der Waals surface area contributed by atoms with E-state index >= 15 is 0 Å². The largest absolute Gasteiger partial charge is 0.311 e. The molecule has 1 aromatic carbocycles. The number of ketones is 1. The number of aromatic nitrogens is 2. The summed E-state index contributed by atoms with van der Waals surface area (Å²) in [6, 6.07) is 7.37. The van der Waals surface area contributed by atoms with Crippen LogP contribution in [0, 0.1) is 0 Å². The number of nitrogens with zero attached hydrogens (tertiary/aromatic N) is 2.